The molecule has 0 bridgehead atoms. The molecule has 1 atom stereocenters. The smallest absolute Gasteiger partial charge is 0.124 e. The van der Waals surface area contributed by atoms with Crippen molar-refractivity contribution < 1.29 is 4.74 Å². The van der Waals surface area contributed by atoms with Gasteiger partial charge in [-0.25, -0.2) is 0 Å². The standard InChI is InChI=1S/C20H26BrNO/c1-15(2)23-20-12-11-19(21)13-18(20)14-22-16(3)9-10-17-7-5-4-6-8-17/h4-8,11-13,15-16,22H,9-10,14H2,1-3H3/t16-/m0/s1. The van der Waals surface area contributed by atoms with Gasteiger partial charge in [0, 0.05) is 22.6 Å². The molecule has 0 fully saturated rings. The normalized spacial score (nSPS) is 12.4. The van der Waals surface area contributed by atoms with Crippen LogP contribution < -0.4 is 10.1 Å². The molecule has 2 aromatic rings. The maximum Gasteiger partial charge on any atom is 0.124 e. The van der Waals surface area contributed by atoms with E-state index in [0.29, 0.717) is 6.04 Å². The SMILES string of the molecule is CC(C)Oc1ccc(Br)cc1CN[C@@H](C)CCc1ccccc1. The van der Waals surface area contributed by atoms with Crippen molar-refractivity contribution in [3.63, 3.8) is 0 Å². The van der Waals surface area contributed by atoms with E-state index in [-0.39, 0.29) is 6.10 Å². The number of aryl methyl sites for hydroxylation is 1. The van der Waals surface area contributed by atoms with Crippen molar-refractivity contribution in [1.82, 2.24) is 5.32 Å². The minimum Gasteiger partial charge on any atom is -0.491 e. The highest BCUT2D eigenvalue weighted by molar-refractivity contribution is 9.10. The second kappa shape index (κ2) is 9.09. The van der Waals surface area contributed by atoms with Gasteiger partial charge in [-0.3, -0.25) is 0 Å². The summed E-state index contributed by atoms with van der Waals surface area (Å²) in [7, 11) is 0. The topological polar surface area (TPSA) is 21.3 Å². The fourth-order valence-corrected chi connectivity index (χ4v) is 2.88. The van der Waals surface area contributed by atoms with E-state index >= 15 is 0 Å². The molecule has 0 aliphatic heterocycles. The van der Waals surface area contributed by atoms with Crippen molar-refractivity contribution in [2.75, 3.05) is 0 Å². The van der Waals surface area contributed by atoms with E-state index in [1.807, 2.05) is 12.1 Å². The van der Waals surface area contributed by atoms with Gasteiger partial charge in [-0.05, 0) is 57.4 Å². The fourth-order valence-electron chi connectivity index (χ4n) is 2.47. The van der Waals surface area contributed by atoms with Crippen LogP contribution >= 0.6 is 15.9 Å². The van der Waals surface area contributed by atoms with Gasteiger partial charge in [0.1, 0.15) is 5.75 Å². The third kappa shape index (κ3) is 6.36. The minimum absolute atomic E-state index is 0.186. The van der Waals surface area contributed by atoms with Gasteiger partial charge < -0.3 is 10.1 Å². The summed E-state index contributed by atoms with van der Waals surface area (Å²) in [4.78, 5) is 0. The van der Waals surface area contributed by atoms with E-state index < -0.39 is 0 Å². The first-order chi connectivity index (χ1) is 11.0. The Balaban J connectivity index is 1.88. The summed E-state index contributed by atoms with van der Waals surface area (Å²) in [6, 6.07) is 17.3. The van der Waals surface area contributed by atoms with Gasteiger partial charge in [-0.15, -0.1) is 0 Å². The molecule has 0 amide bonds. The zero-order valence-corrected chi connectivity index (χ0v) is 15.8. The van der Waals surface area contributed by atoms with Gasteiger partial charge in [0.15, 0.2) is 0 Å². The summed E-state index contributed by atoms with van der Waals surface area (Å²) in [5, 5.41) is 3.61. The summed E-state index contributed by atoms with van der Waals surface area (Å²) in [6.45, 7) is 7.17. The number of hydrogen-bond acceptors (Lipinski definition) is 2. The van der Waals surface area contributed by atoms with Gasteiger partial charge in [0.25, 0.3) is 0 Å². The Labute approximate surface area is 148 Å². The molecule has 1 N–H and O–H groups in total. The van der Waals surface area contributed by atoms with E-state index in [1.54, 1.807) is 0 Å². The van der Waals surface area contributed by atoms with Crippen LogP contribution in [0, 0.1) is 0 Å². The Morgan fingerprint density at radius 1 is 1.04 bits per heavy atom. The Morgan fingerprint density at radius 2 is 1.78 bits per heavy atom. The number of halogens is 1. The summed E-state index contributed by atoms with van der Waals surface area (Å²) < 4.78 is 6.99. The molecule has 3 heteroatoms. The molecule has 0 aromatic heterocycles. The molecule has 124 valence electrons. The maximum absolute atomic E-state index is 5.90. The number of hydrogen-bond donors (Lipinski definition) is 1. The van der Waals surface area contributed by atoms with E-state index in [0.717, 1.165) is 29.6 Å². The van der Waals surface area contributed by atoms with Crippen molar-refractivity contribution in [1.29, 1.82) is 0 Å². The van der Waals surface area contributed by atoms with E-state index in [1.165, 1.54) is 11.1 Å². The summed E-state index contributed by atoms with van der Waals surface area (Å²) in [6.07, 6.45) is 2.41. The highest BCUT2D eigenvalue weighted by Gasteiger charge is 2.09. The highest BCUT2D eigenvalue weighted by atomic mass is 79.9. The highest BCUT2D eigenvalue weighted by Crippen LogP contribution is 2.24. The molecule has 0 radical (unpaired) electrons. The Bertz CT molecular complexity index is 598. The molecule has 0 unspecified atom stereocenters. The molecule has 0 aliphatic rings. The first-order valence-electron chi connectivity index (χ1n) is 8.27. The largest absolute Gasteiger partial charge is 0.491 e. The molecule has 2 nitrogen and oxygen atoms in total. The van der Waals surface area contributed by atoms with Gasteiger partial charge in [0.05, 0.1) is 6.10 Å². The second-order valence-electron chi connectivity index (χ2n) is 6.22. The third-order valence-corrected chi connectivity index (χ3v) is 4.23. The van der Waals surface area contributed by atoms with Crippen LogP contribution in [0.25, 0.3) is 0 Å². The number of benzene rings is 2. The molecule has 0 spiro atoms. The molecule has 0 heterocycles. The van der Waals surface area contributed by atoms with Crippen LogP contribution in [0.4, 0.5) is 0 Å². The zero-order valence-electron chi connectivity index (χ0n) is 14.2. The van der Waals surface area contributed by atoms with Crippen LogP contribution in [-0.4, -0.2) is 12.1 Å². The van der Waals surface area contributed by atoms with Crippen LogP contribution in [-0.2, 0) is 13.0 Å². The van der Waals surface area contributed by atoms with Gasteiger partial charge >= 0.3 is 0 Å². The van der Waals surface area contributed by atoms with Crippen molar-refractivity contribution in [3.8, 4) is 5.75 Å². The van der Waals surface area contributed by atoms with Crippen LogP contribution in [0.1, 0.15) is 38.3 Å². The monoisotopic (exact) mass is 375 g/mol. The quantitative estimate of drug-likeness (QED) is 0.671. The second-order valence-corrected chi connectivity index (χ2v) is 7.14. The molecule has 23 heavy (non-hydrogen) atoms. The molecule has 2 aromatic carbocycles. The summed E-state index contributed by atoms with van der Waals surface area (Å²) in [5.74, 6) is 0.964. The number of nitrogens with one attached hydrogen (secondary N) is 1. The van der Waals surface area contributed by atoms with Gasteiger partial charge in [-0.1, -0.05) is 46.3 Å². The first kappa shape index (κ1) is 18.0. The average molecular weight is 376 g/mol. The van der Waals surface area contributed by atoms with Gasteiger partial charge in [0.2, 0.25) is 0 Å². The molecule has 2 rings (SSSR count). The van der Waals surface area contributed by atoms with E-state index in [2.05, 4.69) is 78.4 Å². The lowest BCUT2D eigenvalue weighted by Crippen LogP contribution is -2.26. The molecular formula is C20H26BrNO. The zero-order chi connectivity index (χ0) is 16.7. The van der Waals surface area contributed by atoms with Crippen molar-refractivity contribution in [2.24, 2.45) is 0 Å². The first-order valence-corrected chi connectivity index (χ1v) is 9.06. The van der Waals surface area contributed by atoms with E-state index in [4.69, 9.17) is 4.74 Å². The van der Waals surface area contributed by atoms with Crippen LogP contribution in [0.2, 0.25) is 0 Å². The Hall–Kier alpha value is -1.32. The van der Waals surface area contributed by atoms with Crippen LogP contribution in [0.15, 0.2) is 53.0 Å². The fraction of sp³-hybridized carbons (Fsp3) is 0.400. The summed E-state index contributed by atoms with van der Waals surface area (Å²) in [5.41, 5.74) is 2.59. The molecular weight excluding hydrogens is 350 g/mol. The lowest BCUT2D eigenvalue weighted by Gasteiger charge is -2.18. The number of ether oxygens (including phenoxy) is 1. The van der Waals surface area contributed by atoms with Gasteiger partial charge in [-0.2, -0.15) is 0 Å². The van der Waals surface area contributed by atoms with Crippen molar-refractivity contribution >= 4 is 15.9 Å². The number of rotatable bonds is 8. The average Bonchev–Trinajstić information content (AvgIpc) is 2.53. The predicted molar refractivity (Wildman–Crippen MR) is 101 cm³/mol. The summed E-state index contributed by atoms with van der Waals surface area (Å²) >= 11 is 3.55. The predicted octanol–water partition coefficient (Wildman–Crippen LogP) is 5.35. The molecule has 0 saturated carbocycles. The maximum atomic E-state index is 5.90. The molecule has 0 aliphatic carbocycles. The van der Waals surface area contributed by atoms with Crippen molar-refractivity contribution in [2.45, 2.75) is 52.3 Å². The van der Waals surface area contributed by atoms with E-state index in [9.17, 15) is 0 Å². The molecule has 0 saturated heterocycles. The lowest BCUT2D eigenvalue weighted by atomic mass is 10.1. The van der Waals surface area contributed by atoms with Crippen LogP contribution in [0.5, 0.6) is 5.75 Å². The minimum atomic E-state index is 0.186. The third-order valence-electron chi connectivity index (χ3n) is 3.74. The van der Waals surface area contributed by atoms with Crippen LogP contribution in [0.3, 0.4) is 0 Å². The Morgan fingerprint density at radius 3 is 2.48 bits per heavy atom. The lowest BCUT2D eigenvalue weighted by molar-refractivity contribution is 0.239. The Kier molecular flexibility index (Phi) is 7.13. The van der Waals surface area contributed by atoms with Crippen molar-refractivity contribution in [3.05, 3.63) is 64.1 Å².